The molecule has 3 aromatic carbocycles. The molecule has 1 amide bonds. The van der Waals surface area contributed by atoms with Crippen LogP contribution in [0.4, 0.5) is 5.13 Å². The summed E-state index contributed by atoms with van der Waals surface area (Å²) >= 11 is 1.46. The van der Waals surface area contributed by atoms with E-state index in [9.17, 15) is 4.79 Å². The number of hydrogen-bond donors (Lipinski definition) is 0. The molecule has 0 aliphatic heterocycles. The lowest BCUT2D eigenvalue weighted by atomic mass is 10.2. The van der Waals surface area contributed by atoms with Crippen LogP contribution in [0.2, 0.25) is 0 Å². The van der Waals surface area contributed by atoms with E-state index >= 15 is 0 Å². The molecular formula is C25H20N4O2S. The number of rotatable bonds is 6. The fraction of sp³-hybridized carbons (Fsp3) is 0.120. The van der Waals surface area contributed by atoms with Crippen molar-refractivity contribution in [2.75, 3.05) is 11.5 Å². The third kappa shape index (κ3) is 3.90. The van der Waals surface area contributed by atoms with Crippen LogP contribution >= 0.6 is 11.3 Å². The van der Waals surface area contributed by atoms with Gasteiger partial charge in [0.15, 0.2) is 5.13 Å². The number of carbonyl (C=O) groups excluding carboxylic acids is 1. The van der Waals surface area contributed by atoms with Gasteiger partial charge in [-0.3, -0.25) is 14.7 Å². The lowest BCUT2D eigenvalue weighted by Gasteiger charge is -2.19. The second-order valence-electron chi connectivity index (χ2n) is 7.15. The first-order chi connectivity index (χ1) is 15.7. The van der Waals surface area contributed by atoms with Crippen LogP contribution in [0.5, 0.6) is 5.75 Å². The van der Waals surface area contributed by atoms with Gasteiger partial charge in [0, 0.05) is 0 Å². The Morgan fingerprint density at radius 2 is 1.72 bits per heavy atom. The molecule has 2 aromatic heterocycles. The summed E-state index contributed by atoms with van der Waals surface area (Å²) in [6, 6.07) is 23.2. The van der Waals surface area contributed by atoms with Crippen molar-refractivity contribution in [3.63, 3.8) is 0 Å². The van der Waals surface area contributed by atoms with Crippen molar-refractivity contribution in [3.8, 4) is 5.75 Å². The largest absolute Gasteiger partial charge is 0.492 e. The van der Waals surface area contributed by atoms with Gasteiger partial charge in [0.1, 0.15) is 17.0 Å². The molecule has 7 heteroatoms. The predicted octanol–water partition coefficient (Wildman–Crippen LogP) is 5.49. The van der Waals surface area contributed by atoms with E-state index in [0.717, 1.165) is 21.3 Å². The monoisotopic (exact) mass is 440 g/mol. The Morgan fingerprint density at radius 1 is 0.938 bits per heavy atom. The van der Waals surface area contributed by atoms with E-state index < -0.39 is 0 Å². The second kappa shape index (κ2) is 8.72. The number of aromatic nitrogens is 3. The summed E-state index contributed by atoms with van der Waals surface area (Å²) in [4.78, 5) is 29.1. The lowest BCUT2D eigenvalue weighted by molar-refractivity contribution is 0.0980. The minimum atomic E-state index is -0.246. The van der Waals surface area contributed by atoms with Gasteiger partial charge in [-0.2, -0.15) is 0 Å². The van der Waals surface area contributed by atoms with Crippen molar-refractivity contribution in [1.82, 2.24) is 15.0 Å². The van der Waals surface area contributed by atoms with Crippen molar-refractivity contribution in [3.05, 3.63) is 90.3 Å². The van der Waals surface area contributed by atoms with E-state index in [0.29, 0.717) is 29.5 Å². The molecule has 0 aliphatic carbocycles. The summed E-state index contributed by atoms with van der Waals surface area (Å²) in [5.74, 6) is 0.467. The molecule has 0 saturated carbocycles. The van der Waals surface area contributed by atoms with Crippen molar-refractivity contribution < 1.29 is 9.53 Å². The van der Waals surface area contributed by atoms with Gasteiger partial charge in [-0.05, 0) is 36.8 Å². The number of anilines is 1. The Hall–Kier alpha value is -3.84. The number of thiazole rings is 1. The summed E-state index contributed by atoms with van der Waals surface area (Å²) in [5, 5.41) is 0.593. The Kier molecular flexibility index (Phi) is 5.47. The standard InChI is InChI=1S/C25H20N4O2S/c1-2-31-21-13-8-14-22-23(21)28-25(32-22)29(16-17-9-4-3-5-10-17)24(30)20-15-26-18-11-6-7-12-19(18)27-20/h3-15H,2,16H2,1H3. The number of hydrogen-bond acceptors (Lipinski definition) is 6. The highest BCUT2D eigenvalue weighted by atomic mass is 32.1. The molecule has 0 N–H and O–H groups in total. The summed E-state index contributed by atoms with van der Waals surface area (Å²) in [6.07, 6.45) is 1.53. The molecule has 0 fully saturated rings. The maximum Gasteiger partial charge on any atom is 0.280 e. The molecule has 6 nitrogen and oxygen atoms in total. The highest BCUT2D eigenvalue weighted by Crippen LogP contribution is 2.35. The maximum absolute atomic E-state index is 13.6. The number of carbonyl (C=O) groups is 1. The molecular weight excluding hydrogens is 420 g/mol. The summed E-state index contributed by atoms with van der Waals surface area (Å²) in [5.41, 5.74) is 3.47. The van der Waals surface area contributed by atoms with Gasteiger partial charge in [0.2, 0.25) is 0 Å². The molecule has 0 saturated heterocycles. The van der Waals surface area contributed by atoms with Crippen molar-refractivity contribution >= 4 is 43.6 Å². The number of benzene rings is 3. The van der Waals surface area contributed by atoms with Gasteiger partial charge in [-0.15, -0.1) is 0 Å². The SMILES string of the molecule is CCOc1cccc2sc(N(Cc3ccccc3)C(=O)c3cnc4ccccc4n3)nc12. The number of para-hydroxylation sites is 3. The molecule has 5 aromatic rings. The highest BCUT2D eigenvalue weighted by Gasteiger charge is 2.24. The van der Waals surface area contributed by atoms with Crippen LogP contribution in [0.1, 0.15) is 23.0 Å². The third-order valence-electron chi connectivity index (χ3n) is 5.00. The van der Waals surface area contributed by atoms with Gasteiger partial charge >= 0.3 is 0 Å². The van der Waals surface area contributed by atoms with Gasteiger partial charge in [0.05, 0.1) is 35.1 Å². The topological polar surface area (TPSA) is 68.2 Å². The molecule has 32 heavy (non-hydrogen) atoms. The van der Waals surface area contributed by atoms with Crippen LogP contribution < -0.4 is 9.64 Å². The molecule has 0 bridgehead atoms. The number of ether oxygens (including phenoxy) is 1. The van der Waals surface area contributed by atoms with Crippen molar-refractivity contribution in [1.29, 1.82) is 0 Å². The van der Waals surface area contributed by atoms with Crippen molar-refractivity contribution in [2.45, 2.75) is 13.5 Å². The second-order valence-corrected chi connectivity index (χ2v) is 8.16. The first kappa shape index (κ1) is 20.1. The Balaban J connectivity index is 1.59. The fourth-order valence-electron chi connectivity index (χ4n) is 3.49. The minimum absolute atomic E-state index is 0.246. The molecule has 0 radical (unpaired) electrons. The molecule has 0 unspecified atom stereocenters. The van der Waals surface area contributed by atoms with E-state index in [1.54, 1.807) is 4.90 Å². The fourth-order valence-corrected chi connectivity index (χ4v) is 4.47. The molecule has 0 atom stereocenters. The zero-order valence-corrected chi connectivity index (χ0v) is 18.2. The van der Waals surface area contributed by atoms with Crippen LogP contribution in [0.25, 0.3) is 21.3 Å². The van der Waals surface area contributed by atoms with Crippen LogP contribution in [-0.4, -0.2) is 27.5 Å². The predicted molar refractivity (Wildman–Crippen MR) is 127 cm³/mol. The van der Waals surface area contributed by atoms with E-state index in [1.807, 2.05) is 79.7 Å². The zero-order chi connectivity index (χ0) is 21.9. The summed E-state index contributed by atoms with van der Waals surface area (Å²) in [6.45, 7) is 2.86. The number of nitrogens with zero attached hydrogens (tertiary/aromatic N) is 4. The third-order valence-corrected chi connectivity index (χ3v) is 6.04. The van der Waals surface area contributed by atoms with Crippen LogP contribution in [0.3, 0.4) is 0 Å². The smallest absolute Gasteiger partial charge is 0.280 e. The Morgan fingerprint density at radius 3 is 2.53 bits per heavy atom. The molecule has 2 heterocycles. The molecule has 158 valence electrons. The van der Waals surface area contributed by atoms with Gasteiger partial charge in [-0.25, -0.2) is 9.97 Å². The van der Waals surface area contributed by atoms with E-state index in [1.165, 1.54) is 17.5 Å². The van der Waals surface area contributed by atoms with Gasteiger partial charge in [0.25, 0.3) is 5.91 Å². The van der Waals surface area contributed by atoms with Crippen LogP contribution in [0, 0.1) is 0 Å². The first-order valence-electron chi connectivity index (χ1n) is 10.3. The van der Waals surface area contributed by atoms with Gasteiger partial charge in [-0.1, -0.05) is 59.9 Å². The Labute approximate surface area is 189 Å². The number of fused-ring (bicyclic) bond motifs is 2. The average molecular weight is 441 g/mol. The lowest BCUT2D eigenvalue weighted by Crippen LogP contribution is -2.31. The maximum atomic E-state index is 13.6. The van der Waals surface area contributed by atoms with Crippen molar-refractivity contribution in [2.24, 2.45) is 0 Å². The molecule has 0 spiro atoms. The average Bonchev–Trinajstić information content (AvgIpc) is 3.28. The van der Waals surface area contributed by atoms with E-state index in [4.69, 9.17) is 9.72 Å². The molecule has 0 aliphatic rings. The summed E-state index contributed by atoms with van der Waals surface area (Å²) < 4.78 is 6.70. The first-order valence-corrected chi connectivity index (χ1v) is 11.1. The minimum Gasteiger partial charge on any atom is -0.492 e. The van der Waals surface area contributed by atoms with E-state index in [2.05, 4.69) is 9.97 Å². The Bertz CT molecular complexity index is 1400. The zero-order valence-electron chi connectivity index (χ0n) is 17.4. The van der Waals surface area contributed by atoms with Crippen LogP contribution in [-0.2, 0) is 6.54 Å². The van der Waals surface area contributed by atoms with Gasteiger partial charge < -0.3 is 4.74 Å². The summed E-state index contributed by atoms with van der Waals surface area (Å²) in [7, 11) is 0. The van der Waals surface area contributed by atoms with Crippen LogP contribution in [0.15, 0.2) is 79.0 Å². The highest BCUT2D eigenvalue weighted by molar-refractivity contribution is 7.22. The number of amides is 1. The quantitative estimate of drug-likeness (QED) is 0.349. The van der Waals surface area contributed by atoms with E-state index in [-0.39, 0.29) is 11.6 Å². The molecule has 5 rings (SSSR count). The normalized spacial score (nSPS) is 11.0.